The minimum Gasteiger partial charge on any atom is -0.496 e. The van der Waals surface area contributed by atoms with Crippen LogP contribution < -0.4 is 10.1 Å². The summed E-state index contributed by atoms with van der Waals surface area (Å²) in [5, 5.41) is 13.1. The summed E-state index contributed by atoms with van der Waals surface area (Å²) in [4.78, 5) is 16.0. The maximum Gasteiger partial charge on any atom is 0.261 e. The molecule has 0 saturated carbocycles. The van der Waals surface area contributed by atoms with Crippen LogP contribution in [0.1, 0.15) is 38.7 Å². The number of aryl methyl sites for hydroxylation is 1. The quantitative estimate of drug-likeness (QED) is 0.603. The third kappa shape index (κ3) is 4.21. The first kappa shape index (κ1) is 20.8. The second-order valence-corrected chi connectivity index (χ2v) is 8.91. The van der Waals surface area contributed by atoms with Crippen molar-refractivity contribution in [1.29, 1.82) is 0 Å². The Labute approximate surface area is 181 Å². The number of benzene rings is 2. The molecule has 4 rings (SSSR count). The maximum atomic E-state index is 12.8. The zero-order chi connectivity index (χ0) is 21.1. The summed E-state index contributed by atoms with van der Waals surface area (Å²) in [6, 6.07) is 14.6. The van der Waals surface area contributed by atoms with Gasteiger partial charge in [-0.05, 0) is 48.5 Å². The van der Waals surface area contributed by atoms with Gasteiger partial charge in [-0.25, -0.2) is 0 Å². The van der Waals surface area contributed by atoms with Crippen LogP contribution in [0, 0.1) is 6.92 Å². The fourth-order valence-corrected chi connectivity index (χ4v) is 5.53. The van der Waals surface area contributed by atoms with E-state index in [-0.39, 0.29) is 19.1 Å². The second kappa shape index (κ2) is 9.16. The second-order valence-electron chi connectivity index (χ2n) is 7.86. The van der Waals surface area contributed by atoms with Crippen molar-refractivity contribution in [1.82, 2.24) is 10.2 Å². The van der Waals surface area contributed by atoms with Gasteiger partial charge in [-0.1, -0.05) is 30.3 Å². The molecule has 1 aromatic heterocycles. The van der Waals surface area contributed by atoms with Gasteiger partial charge in [0, 0.05) is 35.8 Å². The van der Waals surface area contributed by atoms with Gasteiger partial charge in [-0.15, -0.1) is 11.3 Å². The lowest BCUT2D eigenvalue weighted by Crippen LogP contribution is -2.27. The number of likely N-dealkylation sites (tertiary alicyclic amines) is 1. The van der Waals surface area contributed by atoms with E-state index < -0.39 is 0 Å². The molecule has 6 heteroatoms. The van der Waals surface area contributed by atoms with Crippen molar-refractivity contribution >= 4 is 27.3 Å². The highest BCUT2D eigenvalue weighted by atomic mass is 32.1. The Bertz CT molecular complexity index is 1050. The Balaban J connectivity index is 1.58. The van der Waals surface area contributed by atoms with Gasteiger partial charge in [0.25, 0.3) is 5.91 Å². The minimum absolute atomic E-state index is 0.0540. The molecule has 5 nitrogen and oxygen atoms in total. The third-order valence-electron chi connectivity index (χ3n) is 5.75. The van der Waals surface area contributed by atoms with Gasteiger partial charge < -0.3 is 15.2 Å². The molecule has 2 heterocycles. The zero-order valence-corrected chi connectivity index (χ0v) is 18.3. The number of rotatable bonds is 7. The van der Waals surface area contributed by atoms with Crippen molar-refractivity contribution < 1.29 is 14.6 Å². The molecule has 1 amide bonds. The van der Waals surface area contributed by atoms with E-state index in [0.717, 1.165) is 46.9 Å². The van der Waals surface area contributed by atoms with E-state index >= 15 is 0 Å². The van der Waals surface area contributed by atoms with Crippen LogP contribution in [0.4, 0.5) is 0 Å². The molecule has 0 radical (unpaired) electrons. The van der Waals surface area contributed by atoms with E-state index in [9.17, 15) is 4.79 Å². The fourth-order valence-electron chi connectivity index (χ4n) is 4.32. The number of nitrogens with zero attached hydrogens (tertiary/aromatic N) is 1. The van der Waals surface area contributed by atoms with Crippen LogP contribution in [0.5, 0.6) is 5.75 Å². The van der Waals surface area contributed by atoms with Gasteiger partial charge >= 0.3 is 0 Å². The van der Waals surface area contributed by atoms with Crippen LogP contribution in [0.15, 0.2) is 42.5 Å². The molecule has 2 aromatic carbocycles. The van der Waals surface area contributed by atoms with Crippen molar-refractivity contribution in [3.05, 3.63) is 64.0 Å². The molecule has 158 valence electrons. The molecule has 0 aliphatic carbocycles. The number of hydrogen-bond acceptors (Lipinski definition) is 5. The summed E-state index contributed by atoms with van der Waals surface area (Å²) in [5.41, 5.74) is 3.54. The van der Waals surface area contributed by atoms with E-state index in [4.69, 9.17) is 9.84 Å². The van der Waals surface area contributed by atoms with Crippen molar-refractivity contribution in [2.24, 2.45) is 0 Å². The number of carbonyl (C=O) groups excluding carboxylic acids is 1. The number of nitrogens with one attached hydrogen (secondary N) is 1. The summed E-state index contributed by atoms with van der Waals surface area (Å²) in [7, 11) is 1.72. The molecule has 30 heavy (non-hydrogen) atoms. The van der Waals surface area contributed by atoms with Gasteiger partial charge in [0.2, 0.25) is 0 Å². The smallest absolute Gasteiger partial charge is 0.261 e. The van der Waals surface area contributed by atoms with E-state index in [1.165, 1.54) is 16.5 Å². The lowest BCUT2D eigenvalue weighted by molar-refractivity contribution is 0.0947. The molecule has 1 aliphatic rings. The molecule has 2 N–H and O–H groups in total. The summed E-state index contributed by atoms with van der Waals surface area (Å²) >= 11 is 1.55. The van der Waals surface area contributed by atoms with Crippen molar-refractivity contribution in [3.8, 4) is 5.75 Å². The molecular formula is C24H28N2O3S. The van der Waals surface area contributed by atoms with Crippen molar-refractivity contribution in [3.63, 3.8) is 0 Å². The number of ether oxygens (including phenoxy) is 1. The topological polar surface area (TPSA) is 61.8 Å². The first-order valence-electron chi connectivity index (χ1n) is 10.4. The zero-order valence-electron chi connectivity index (χ0n) is 17.5. The monoisotopic (exact) mass is 424 g/mol. The Hall–Kier alpha value is -2.41. The Morgan fingerprint density at radius 2 is 2.13 bits per heavy atom. The molecule has 1 saturated heterocycles. The van der Waals surface area contributed by atoms with Gasteiger partial charge in [0.1, 0.15) is 5.75 Å². The normalized spacial score (nSPS) is 16.8. The SMILES string of the molecule is COc1cc(C)ccc1CN1CC[C@H](c2c(C(=O)NCCO)sc3ccccc23)C1. The number of amides is 1. The largest absolute Gasteiger partial charge is 0.496 e. The Morgan fingerprint density at radius 1 is 1.30 bits per heavy atom. The molecule has 0 unspecified atom stereocenters. The van der Waals surface area contributed by atoms with E-state index in [2.05, 4.69) is 47.5 Å². The highest BCUT2D eigenvalue weighted by Crippen LogP contribution is 2.40. The summed E-state index contributed by atoms with van der Waals surface area (Å²) in [6.45, 7) is 5.04. The lowest BCUT2D eigenvalue weighted by Gasteiger charge is -2.19. The van der Waals surface area contributed by atoms with Gasteiger partial charge in [-0.3, -0.25) is 9.69 Å². The van der Waals surface area contributed by atoms with Crippen LogP contribution in [0.25, 0.3) is 10.1 Å². The van der Waals surface area contributed by atoms with E-state index in [0.29, 0.717) is 5.92 Å². The fraction of sp³-hybridized carbons (Fsp3) is 0.375. The lowest BCUT2D eigenvalue weighted by atomic mass is 9.95. The minimum atomic E-state index is -0.0843. The number of fused-ring (bicyclic) bond motifs is 1. The molecule has 1 atom stereocenters. The van der Waals surface area contributed by atoms with E-state index in [1.807, 2.05) is 12.1 Å². The molecule has 0 spiro atoms. The summed E-state index contributed by atoms with van der Waals surface area (Å²) < 4.78 is 6.72. The molecular weight excluding hydrogens is 396 g/mol. The third-order valence-corrected chi connectivity index (χ3v) is 6.94. The standard InChI is InChI=1S/C24H28N2O3S/c1-16-7-8-17(20(13-16)29-2)14-26-11-9-18(15-26)22-19-5-3-4-6-21(19)30-23(22)24(28)25-10-12-27/h3-8,13,18,27H,9-12,14-15H2,1-2H3,(H,25,28)/t18-/m0/s1. The predicted molar refractivity (Wildman–Crippen MR) is 122 cm³/mol. The number of hydrogen-bond donors (Lipinski definition) is 2. The molecule has 3 aromatic rings. The predicted octanol–water partition coefficient (Wildman–Crippen LogP) is 3.93. The van der Waals surface area contributed by atoms with E-state index in [1.54, 1.807) is 18.4 Å². The molecule has 0 bridgehead atoms. The van der Waals surface area contributed by atoms with Crippen LogP contribution in [-0.4, -0.2) is 49.3 Å². The average Bonchev–Trinajstić information content (AvgIpc) is 3.37. The van der Waals surface area contributed by atoms with Crippen LogP contribution in [0.2, 0.25) is 0 Å². The Kier molecular flexibility index (Phi) is 6.37. The summed E-state index contributed by atoms with van der Waals surface area (Å²) in [5.74, 6) is 1.16. The number of aliphatic hydroxyl groups is 1. The van der Waals surface area contributed by atoms with Crippen LogP contribution >= 0.6 is 11.3 Å². The number of methoxy groups -OCH3 is 1. The highest BCUT2D eigenvalue weighted by molar-refractivity contribution is 7.21. The van der Waals surface area contributed by atoms with Crippen LogP contribution in [0.3, 0.4) is 0 Å². The number of carbonyl (C=O) groups is 1. The maximum absolute atomic E-state index is 12.8. The summed E-state index contributed by atoms with van der Waals surface area (Å²) in [6.07, 6.45) is 1.02. The number of thiophene rings is 1. The Morgan fingerprint density at radius 3 is 2.93 bits per heavy atom. The van der Waals surface area contributed by atoms with Gasteiger partial charge in [0.05, 0.1) is 18.6 Å². The van der Waals surface area contributed by atoms with Crippen molar-refractivity contribution in [2.45, 2.75) is 25.8 Å². The first-order chi connectivity index (χ1) is 14.6. The van der Waals surface area contributed by atoms with Gasteiger partial charge in [0.15, 0.2) is 0 Å². The highest BCUT2D eigenvalue weighted by Gasteiger charge is 2.30. The average molecular weight is 425 g/mol. The van der Waals surface area contributed by atoms with Gasteiger partial charge in [-0.2, -0.15) is 0 Å². The van der Waals surface area contributed by atoms with Crippen molar-refractivity contribution in [2.75, 3.05) is 33.4 Å². The molecule has 1 fully saturated rings. The van der Waals surface area contributed by atoms with Crippen LogP contribution in [-0.2, 0) is 6.54 Å². The number of aliphatic hydroxyl groups excluding tert-OH is 1. The molecule has 1 aliphatic heterocycles. The first-order valence-corrected chi connectivity index (χ1v) is 11.2.